The highest BCUT2D eigenvalue weighted by Gasteiger charge is 2.24. The second kappa shape index (κ2) is 6.77. The van der Waals surface area contributed by atoms with E-state index in [9.17, 15) is 0 Å². The molecule has 6 rings (SSSR count). The van der Waals surface area contributed by atoms with Crippen molar-refractivity contribution in [1.29, 1.82) is 0 Å². The molecule has 4 aromatic heterocycles. The van der Waals surface area contributed by atoms with Crippen molar-refractivity contribution in [3.05, 3.63) is 90.4 Å². The highest BCUT2D eigenvalue weighted by molar-refractivity contribution is 5.90. The topological polar surface area (TPSA) is 61.4 Å². The maximum absolute atomic E-state index is 4.63. The number of para-hydroxylation sites is 1. The monoisotopic (exact) mass is 390 g/mol. The minimum absolute atomic E-state index is 0.663. The Morgan fingerprint density at radius 3 is 2.43 bits per heavy atom. The minimum atomic E-state index is 0.663. The van der Waals surface area contributed by atoms with Crippen LogP contribution in [0.2, 0.25) is 0 Å². The molecular formula is C24H18N6. The van der Waals surface area contributed by atoms with E-state index in [-0.39, 0.29) is 0 Å². The first kappa shape index (κ1) is 16.9. The predicted molar refractivity (Wildman–Crippen MR) is 117 cm³/mol. The van der Waals surface area contributed by atoms with Crippen molar-refractivity contribution in [2.24, 2.45) is 0 Å². The van der Waals surface area contributed by atoms with Crippen LogP contribution in [0, 0.1) is 0 Å². The van der Waals surface area contributed by atoms with Crippen LogP contribution >= 0.6 is 0 Å². The van der Waals surface area contributed by atoms with Gasteiger partial charge in [0.25, 0.3) is 0 Å². The summed E-state index contributed by atoms with van der Waals surface area (Å²) in [4.78, 5) is 9.10. The molecule has 0 saturated heterocycles. The lowest BCUT2D eigenvalue weighted by molar-refractivity contribution is 0.871. The molecule has 6 heteroatoms. The summed E-state index contributed by atoms with van der Waals surface area (Å²) in [5, 5.41) is 10.4. The Kier molecular flexibility index (Phi) is 3.81. The zero-order chi connectivity index (χ0) is 19.9. The lowest BCUT2D eigenvalue weighted by Gasteiger charge is -2.13. The van der Waals surface area contributed by atoms with Crippen LogP contribution in [-0.4, -0.2) is 29.3 Å². The van der Waals surface area contributed by atoms with Gasteiger partial charge in [-0.2, -0.15) is 0 Å². The Hall–Kier alpha value is -4.06. The first-order valence-corrected chi connectivity index (χ1v) is 9.99. The lowest BCUT2D eigenvalue weighted by atomic mass is 10.0. The van der Waals surface area contributed by atoms with Crippen molar-refractivity contribution in [1.82, 2.24) is 29.3 Å². The molecule has 1 aliphatic rings. The number of nitrogens with zero attached hydrogens (tertiary/aromatic N) is 6. The molecule has 0 unspecified atom stereocenters. The highest BCUT2D eigenvalue weighted by Crippen LogP contribution is 2.34. The smallest absolute Gasteiger partial charge is 0.242 e. The van der Waals surface area contributed by atoms with Gasteiger partial charge in [-0.15, -0.1) is 10.2 Å². The van der Waals surface area contributed by atoms with Crippen LogP contribution in [0.15, 0.2) is 79.1 Å². The molecule has 1 aromatic carbocycles. The number of benzene rings is 1. The molecule has 6 nitrogen and oxygen atoms in total. The number of fused-ring (bicyclic) bond motifs is 3. The largest absolute Gasteiger partial charge is 0.278 e. The Bertz CT molecular complexity index is 1380. The molecule has 0 atom stereocenters. The SMILES string of the molecule is C1=Cc2c(c3ccccc3n2-c2nnc(-c3ccccn3)n2-c2ccccn2)CC1. The van der Waals surface area contributed by atoms with Crippen LogP contribution in [0.4, 0.5) is 0 Å². The van der Waals surface area contributed by atoms with Crippen molar-refractivity contribution in [3.8, 4) is 23.3 Å². The van der Waals surface area contributed by atoms with E-state index < -0.39 is 0 Å². The van der Waals surface area contributed by atoms with Crippen LogP contribution in [0.1, 0.15) is 17.7 Å². The first-order chi connectivity index (χ1) is 14.9. The third-order valence-corrected chi connectivity index (χ3v) is 5.48. The van der Waals surface area contributed by atoms with Gasteiger partial charge in [-0.1, -0.05) is 36.4 Å². The second-order valence-electron chi connectivity index (χ2n) is 7.22. The van der Waals surface area contributed by atoms with E-state index in [2.05, 4.69) is 61.1 Å². The fourth-order valence-electron chi connectivity index (χ4n) is 4.18. The standard InChI is InChI=1S/C24H18N6/c1-3-12-20-17(9-1)18-10-2-4-13-21(18)29(20)24-28-27-23(19-11-5-7-15-25-19)30(24)22-14-6-8-16-26-22/h1,3-9,11-16H,2,10H2. The molecule has 0 radical (unpaired) electrons. The molecule has 0 spiro atoms. The van der Waals surface area contributed by atoms with Crippen LogP contribution < -0.4 is 0 Å². The van der Waals surface area contributed by atoms with E-state index in [1.165, 1.54) is 10.9 Å². The molecule has 1 aliphatic carbocycles. The van der Waals surface area contributed by atoms with Crippen LogP contribution in [0.3, 0.4) is 0 Å². The van der Waals surface area contributed by atoms with Gasteiger partial charge in [0.1, 0.15) is 11.5 Å². The fraction of sp³-hybridized carbons (Fsp3) is 0.0833. The summed E-state index contributed by atoms with van der Waals surface area (Å²) in [6, 6.07) is 20.1. The molecule has 5 aromatic rings. The van der Waals surface area contributed by atoms with Gasteiger partial charge < -0.3 is 0 Å². The van der Waals surface area contributed by atoms with Crippen molar-refractivity contribution in [3.63, 3.8) is 0 Å². The molecule has 144 valence electrons. The maximum Gasteiger partial charge on any atom is 0.242 e. The van der Waals surface area contributed by atoms with Gasteiger partial charge in [0.2, 0.25) is 5.95 Å². The summed E-state index contributed by atoms with van der Waals surface area (Å²) < 4.78 is 4.17. The van der Waals surface area contributed by atoms with Gasteiger partial charge in [-0.25, -0.2) is 9.55 Å². The van der Waals surface area contributed by atoms with Gasteiger partial charge in [-0.05, 0) is 54.8 Å². The van der Waals surface area contributed by atoms with E-state index in [0.29, 0.717) is 11.8 Å². The quantitative estimate of drug-likeness (QED) is 0.451. The van der Waals surface area contributed by atoms with E-state index in [1.54, 1.807) is 12.4 Å². The molecular weight excluding hydrogens is 372 g/mol. The summed E-state index contributed by atoms with van der Waals surface area (Å²) in [6.07, 6.45) is 10.0. The third kappa shape index (κ3) is 2.50. The lowest BCUT2D eigenvalue weighted by Crippen LogP contribution is -2.10. The number of hydrogen-bond donors (Lipinski definition) is 0. The zero-order valence-electron chi connectivity index (χ0n) is 16.2. The van der Waals surface area contributed by atoms with Crippen molar-refractivity contribution in [2.45, 2.75) is 12.8 Å². The Morgan fingerprint density at radius 1 is 0.767 bits per heavy atom. The van der Waals surface area contributed by atoms with Crippen LogP contribution in [-0.2, 0) is 6.42 Å². The summed E-state index contributed by atoms with van der Waals surface area (Å²) in [5.74, 6) is 2.12. The molecule has 0 amide bonds. The number of aromatic nitrogens is 6. The number of allylic oxidation sites excluding steroid dienone is 1. The Balaban J connectivity index is 1.70. The summed E-state index contributed by atoms with van der Waals surface area (Å²) in [5.41, 5.74) is 4.37. The molecule has 0 N–H and O–H groups in total. The van der Waals surface area contributed by atoms with Gasteiger partial charge in [0.05, 0.1) is 11.2 Å². The van der Waals surface area contributed by atoms with Gasteiger partial charge in [-0.3, -0.25) is 9.55 Å². The van der Waals surface area contributed by atoms with E-state index >= 15 is 0 Å². The van der Waals surface area contributed by atoms with Crippen molar-refractivity contribution in [2.75, 3.05) is 0 Å². The van der Waals surface area contributed by atoms with Crippen LogP contribution in [0.25, 0.3) is 40.3 Å². The predicted octanol–water partition coefficient (Wildman–Crippen LogP) is 4.63. The van der Waals surface area contributed by atoms with Crippen molar-refractivity contribution >= 4 is 17.0 Å². The number of aryl methyl sites for hydroxylation is 1. The summed E-state index contributed by atoms with van der Waals surface area (Å²) in [6.45, 7) is 0. The average Bonchev–Trinajstić information content (AvgIpc) is 3.39. The second-order valence-corrected chi connectivity index (χ2v) is 7.22. The minimum Gasteiger partial charge on any atom is -0.278 e. The maximum atomic E-state index is 4.63. The molecule has 30 heavy (non-hydrogen) atoms. The molecule has 4 heterocycles. The first-order valence-electron chi connectivity index (χ1n) is 9.99. The number of pyridine rings is 2. The molecule has 0 fully saturated rings. The zero-order valence-corrected chi connectivity index (χ0v) is 16.2. The molecule has 0 saturated carbocycles. The number of rotatable bonds is 3. The third-order valence-electron chi connectivity index (χ3n) is 5.48. The van der Waals surface area contributed by atoms with E-state index in [1.807, 2.05) is 41.0 Å². The highest BCUT2D eigenvalue weighted by atomic mass is 15.4. The number of hydrogen-bond acceptors (Lipinski definition) is 4. The Labute approximate surface area is 173 Å². The normalized spacial score (nSPS) is 12.9. The van der Waals surface area contributed by atoms with Gasteiger partial charge in [0, 0.05) is 17.8 Å². The summed E-state index contributed by atoms with van der Waals surface area (Å²) in [7, 11) is 0. The van der Waals surface area contributed by atoms with E-state index in [0.717, 1.165) is 35.6 Å². The summed E-state index contributed by atoms with van der Waals surface area (Å²) >= 11 is 0. The Morgan fingerprint density at radius 2 is 1.60 bits per heavy atom. The molecule has 0 bridgehead atoms. The fourth-order valence-corrected chi connectivity index (χ4v) is 4.18. The van der Waals surface area contributed by atoms with Gasteiger partial charge >= 0.3 is 0 Å². The van der Waals surface area contributed by atoms with Gasteiger partial charge in [0.15, 0.2) is 5.82 Å². The van der Waals surface area contributed by atoms with E-state index in [4.69, 9.17) is 0 Å². The van der Waals surface area contributed by atoms with Crippen molar-refractivity contribution < 1.29 is 0 Å². The average molecular weight is 390 g/mol. The molecule has 0 aliphatic heterocycles. The van der Waals surface area contributed by atoms with Crippen LogP contribution in [0.5, 0.6) is 0 Å².